The van der Waals surface area contributed by atoms with Gasteiger partial charge in [0.2, 0.25) is 10.5 Å². The molecule has 1 aliphatic carbocycles. The fourth-order valence-electron chi connectivity index (χ4n) is 6.91. The summed E-state index contributed by atoms with van der Waals surface area (Å²) in [6.07, 6.45) is 2.14. The summed E-state index contributed by atoms with van der Waals surface area (Å²) in [5, 5.41) is 16.9. The second-order valence-electron chi connectivity index (χ2n) is 13.3. The molecule has 10 heteroatoms. The topological polar surface area (TPSA) is 116 Å². The number of aromatic nitrogens is 3. The highest BCUT2D eigenvalue weighted by atomic mass is 32.1. The number of aromatic amines is 1. The van der Waals surface area contributed by atoms with E-state index in [0.29, 0.717) is 55.6 Å². The van der Waals surface area contributed by atoms with Crippen LogP contribution in [0.4, 0.5) is 0 Å². The number of hydrogen-bond donors (Lipinski definition) is 2. The lowest BCUT2D eigenvalue weighted by Crippen LogP contribution is -2.42. The quantitative estimate of drug-likeness (QED) is 0.117. The Morgan fingerprint density at radius 3 is 2.23 bits per heavy atom. The zero-order chi connectivity index (χ0) is 33.2. The van der Waals surface area contributed by atoms with E-state index in [0.717, 1.165) is 26.0 Å². The number of allylic oxidation sites excluding steroid dienone is 2. The molecule has 2 amide bonds. The number of hydrogen-bond acceptors (Lipinski definition) is 6. The molecule has 0 bridgehead atoms. The summed E-state index contributed by atoms with van der Waals surface area (Å²) in [5.74, 6) is -1.52. The predicted octanol–water partition coefficient (Wildman–Crippen LogP) is 5.94. The Hall–Kier alpha value is -4.83. The van der Waals surface area contributed by atoms with Crippen molar-refractivity contribution in [2.24, 2.45) is 5.92 Å². The lowest BCUT2D eigenvalue weighted by Gasteiger charge is -2.27. The molecule has 1 atom stereocenters. The average molecular weight is 650 g/mol. The van der Waals surface area contributed by atoms with Gasteiger partial charge >= 0.3 is 0 Å². The summed E-state index contributed by atoms with van der Waals surface area (Å²) in [6, 6.07) is 19.1. The molecule has 2 aromatic heterocycles. The van der Waals surface area contributed by atoms with Crippen LogP contribution in [-0.4, -0.2) is 43.9 Å². The number of carbonyl (C=O) groups is 3. The second-order valence-corrected chi connectivity index (χ2v) is 14.4. The van der Waals surface area contributed by atoms with Crippen molar-refractivity contribution < 1.29 is 24.1 Å². The van der Waals surface area contributed by atoms with Gasteiger partial charge in [0, 0.05) is 41.2 Å². The number of aryl methyl sites for hydroxylation is 2. The van der Waals surface area contributed by atoms with Crippen LogP contribution in [0.2, 0.25) is 0 Å². The minimum atomic E-state index is -0.724. The zero-order valence-corrected chi connectivity index (χ0v) is 27.7. The minimum Gasteiger partial charge on any atom is -0.511 e. The Labute approximate surface area is 275 Å². The third-order valence-electron chi connectivity index (χ3n) is 9.32. The van der Waals surface area contributed by atoms with E-state index in [9.17, 15) is 24.3 Å². The van der Waals surface area contributed by atoms with Crippen molar-refractivity contribution in [3.63, 3.8) is 0 Å². The molecule has 0 spiro atoms. The molecule has 0 radical (unpaired) electrons. The average Bonchev–Trinajstić information content (AvgIpc) is 3.58. The highest BCUT2D eigenvalue weighted by Gasteiger charge is 2.45. The van der Waals surface area contributed by atoms with E-state index in [-0.39, 0.29) is 40.1 Å². The van der Waals surface area contributed by atoms with Crippen molar-refractivity contribution in [2.45, 2.75) is 65.5 Å². The molecule has 2 N–H and O–H groups in total. The Morgan fingerprint density at radius 1 is 0.915 bits per heavy atom. The molecule has 3 heterocycles. The number of H-pyrrole nitrogens is 1. The molecule has 1 aliphatic heterocycles. The summed E-state index contributed by atoms with van der Waals surface area (Å²) in [4.78, 5) is 55.0. The summed E-state index contributed by atoms with van der Waals surface area (Å²) in [6.45, 7) is 8.57. The first-order valence-electron chi connectivity index (χ1n) is 16.1. The molecule has 9 nitrogen and oxygen atoms in total. The van der Waals surface area contributed by atoms with Gasteiger partial charge in [-0.2, -0.15) is 4.57 Å². The lowest BCUT2D eigenvalue weighted by atomic mass is 9.77. The molecule has 0 saturated heterocycles. The van der Waals surface area contributed by atoms with Gasteiger partial charge in [0.1, 0.15) is 17.0 Å². The number of benzene rings is 3. The maximum atomic E-state index is 13.6. The fraction of sp³-hybridized carbons (Fsp3) is 0.324. The number of nitrogens with one attached hydrogen (secondary N) is 1. The summed E-state index contributed by atoms with van der Waals surface area (Å²) >= 11 is 1.58. The number of carbonyl (C=O) groups excluding carboxylic acids is 3. The number of Topliss-reactive ketones (excluding diaryl/α,β-unsaturated/α-hetero) is 1. The van der Waals surface area contributed by atoms with E-state index in [1.165, 1.54) is 9.58 Å². The van der Waals surface area contributed by atoms with Crippen molar-refractivity contribution in [3.8, 4) is 0 Å². The van der Waals surface area contributed by atoms with Gasteiger partial charge in [0.15, 0.2) is 5.78 Å². The number of fused-ring (bicyclic) bond motifs is 1. The highest BCUT2D eigenvalue weighted by molar-refractivity contribution is 7.18. The van der Waals surface area contributed by atoms with E-state index < -0.39 is 11.5 Å². The predicted molar refractivity (Wildman–Crippen MR) is 182 cm³/mol. The van der Waals surface area contributed by atoms with Crippen LogP contribution in [0.15, 0.2) is 71.2 Å². The number of aliphatic hydroxyl groups is 1. The van der Waals surface area contributed by atoms with Gasteiger partial charge in [-0.3, -0.25) is 29.2 Å². The molecule has 2 aliphatic rings. The molecule has 0 saturated carbocycles. The lowest BCUT2D eigenvalue weighted by molar-refractivity contribution is -0.675. The van der Waals surface area contributed by atoms with Crippen LogP contribution in [0.5, 0.6) is 0 Å². The smallest absolute Gasteiger partial charge is 0.275 e. The standard InChI is InChI=1S/C37H36N4O5S/c1-5-25-30(36(46)41(38-25)37(2,3)4)31-32(42)24(33(31)43)20-28-39(26-16-6-7-17-27(26)47-28)18-8-9-19-40-34(44)22-14-10-12-21-13-11-15-23(29(21)22)35(40)45/h6-7,10-17,24H,5,8-9,18-20H2,1-4H3,(H-,38,42,43,46)/p+1. The van der Waals surface area contributed by atoms with Crippen molar-refractivity contribution >= 4 is 55.5 Å². The first-order valence-corrected chi connectivity index (χ1v) is 16.9. The van der Waals surface area contributed by atoms with Crippen molar-refractivity contribution in [1.82, 2.24) is 14.7 Å². The third-order valence-corrected chi connectivity index (χ3v) is 10.5. The maximum Gasteiger partial charge on any atom is 0.275 e. The molecule has 7 rings (SSSR count). The van der Waals surface area contributed by atoms with E-state index in [2.05, 4.69) is 9.67 Å². The monoisotopic (exact) mass is 649 g/mol. The van der Waals surface area contributed by atoms with Crippen molar-refractivity contribution in [3.05, 3.63) is 104 Å². The van der Waals surface area contributed by atoms with Gasteiger partial charge in [-0.1, -0.05) is 54.7 Å². The number of rotatable bonds is 9. The number of thiazole rings is 1. The van der Waals surface area contributed by atoms with Crippen molar-refractivity contribution in [2.75, 3.05) is 6.54 Å². The zero-order valence-electron chi connectivity index (χ0n) is 26.9. The van der Waals surface area contributed by atoms with Gasteiger partial charge in [-0.25, -0.2) is 4.68 Å². The van der Waals surface area contributed by atoms with Crippen LogP contribution in [0, 0.1) is 5.92 Å². The van der Waals surface area contributed by atoms with E-state index >= 15 is 0 Å². The maximum absolute atomic E-state index is 13.6. The van der Waals surface area contributed by atoms with Crippen LogP contribution in [0.3, 0.4) is 0 Å². The van der Waals surface area contributed by atoms with E-state index in [4.69, 9.17) is 0 Å². The molecule has 47 heavy (non-hydrogen) atoms. The summed E-state index contributed by atoms with van der Waals surface area (Å²) < 4.78 is 4.76. The fourth-order valence-corrected chi connectivity index (χ4v) is 8.14. The Morgan fingerprint density at radius 2 is 1.60 bits per heavy atom. The third kappa shape index (κ3) is 4.93. The van der Waals surface area contributed by atoms with E-state index in [1.54, 1.807) is 23.5 Å². The van der Waals surface area contributed by atoms with Gasteiger partial charge in [-0.15, -0.1) is 0 Å². The first-order chi connectivity index (χ1) is 22.5. The van der Waals surface area contributed by atoms with Crippen LogP contribution in [0.25, 0.3) is 26.6 Å². The Balaban J connectivity index is 1.10. The largest absolute Gasteiger partial charge is 0.511 e. The van der Waals surface area contributed by atoms with E-state index in [1.807, 2.05) is 76.2 Å². The molecule has 240 valence electrons. The van der Waals surface area contributed by atoms with Crippen molar-refractivity contribution in [1.29, 1.82) is 0 Å². The molecule has 1 unspecified atom stereocenters. The molecule has 0 fully saturated rings. The van der Waals surface area contributed by atoms with Crippen LogP contribution < -0.4 is 10.1 Å². The summed E-state index contributed by atoms with van der Waals surface area (Å²) in [5.41, 5.74) is 2.37. The molecule has 5 aromatic rings. The number of imide groups is 1. The van der Waals surface area contributed by atoms with Crippen LogP contribution >= 0.6 is 11.3 Å². The number of unbranched alkanes of at least 4 members (excludes halogenated alkanes) is 1. The highest BCUT2D eigenvalue weighted by Crippen LogP contribution is 2.39. The van der Waals surface area contributed by atoms with Gasteiger partial charge in [-0.05, 0) is 57.2 Å². The molecular formula is C37H37N4O5S+. The molecular weight excluding hydrogens is 612 g/mol. The normalized spacial score (nSPS) is 16.6. The number of nitrogens with zero attached hydrogens (tertiary/aromatic N) is 3. The molecule has 3 aromatic carbocycles. The van der Waals surface area contributed by atoms with Gasteiger partial charge < -0.3 is 5.11 Å². The Bertz CT molecular complexity index is 2160. The number of aliphatic hydroxyl groups excluding tert-OH is 1. The van der Waals surface area contributed by atoms with Crippen LogP contribution in [0.1, 0.15) is 77.5 Å². The number of para-hydroxylation sites is 1. The first kappa shape index (κ1) is 30.8. The number of ketones is 1. The Kier molecular flexibility index (Phi) is 7.50. The second kappa shape index (κ2) is 11.5. The SMILES string of the molecule is CCc1[nH]n(C(C)(C)C)c(=O)c1C1=C(O)C(Cc2sc3ccccc3[n+]2CCCCN2C(=O)c3cccc4cccc(c34)C2=O)C1=O. The van der Waals surface area contributed by atoms with Gasteiger partial charge in [0.05, 0.1) is 29.0 Å². The minimum absolute atomic E-state index is 0.0386. The van der Waals surface area contributed by atoms with Gasteiger partial charge in [0.25, 0.3) is 17.4 Å². The summed E-state index contributed by atoms with van der Waals surface area (Å²) in [7, 11) is 0. The number of amides is 2. The van der Waals surface area contributed by atoms with Crippen LogP contribution in [-0.2, 0) is 29.7 Å².